The van der Waals surface area contributed by atoms with Crippen molar-refractivity contribution >= 4 is 5.91 Å². The number of carbonyl (C=O) groups is 1. The number of fused-ring (bicyclic) bond motifs is 2. The number of pyridine rings is 1. The topological polar surface area (TPSA) is 51.2 Å². The van der Waals surface area contributed by atoms with Gasteiger partial charge in [0.15, 0.2) is 0 Å². The molecule has 1 fully saturated rings. The van der Waals surface area contributed by atoms with E-state index >= 15 is 0 Å². The molecule has 1 amide bonds. The van der Waals surface area contributed by atoms with Crippen molar-refractivity contribution in [3.63, 3.8) is 0 Å². The van der Waals surface area contributed by atoms with Gasteiger partial charge in [-0.1, -0.05) is 13.0 Å². The van der Waals surface area contributed by atoms with E-state index < -0.39 is 0 Å². The first-order chi connectivity index (χ1) is 7.77. The van der Waals surface area contributed by atoms with Crippen LogP contribution in [-0.2, 0) is 15.1 Å². The van der Waals surface area contributed by atoms with Crippen molar-refractivity contribution < 1.29 is 9.53 Å². The van der Waals surface area contributed by atoms with E-state index in [-0.39, 0.29) is 17.4 Å². The predicted molar refractivity (Wildman–Crippen MR) is 57.9 cm³/mol. The maximum atomic E-state index is 12.0. The minimum Gasteiger partial charge on any atom is -0.376 e. The van der Waals surface area contributed by atoms with Crippen LogP contribution in [0.2, 0.25) is 0 Å². The van der Waals surface area contributed by atoms with Gasteiger partial charge in [0, 0.05) is 11.8 Å². The van der Waals surface area contributed by atoms with E-state index in [1.165, 1.54) is 0 Å². The quantitative estimate of drug-likeness (QED) is 0.763. The minimum atomic E-state index is -0.299. The Labute approximate surface area is 94.0 Å². The summed E-state index contributed by atoms with van der Waals surface area (Å²) in [6.07, 6.45) is 2.54. The van der Waals surface area contributed by atoms with Gasteiger partial charge in [-0.05, 0) is 12.5 Å². The zero-order chi connectivity index (χ0) is 11.2. The Bertz CT molecular complexity index is 440. The van der Waals surface area contributed by atoms with Gasteiger partial charge in [-0.2, -0.15) is 0 Å². The fraction of sp³-hybridized carbons (Fsp3) is 0.500. The smallest absolute Gasteiger partial charge is 0.229 e. The standard InChI is InChI=1S/C12H14N2O2/c1-2-8-10-9(4-3-5-13-10)12(6-16-7-12)14-11(8)15/h3-5,8H,2,6-7H2,1H3,(H,14,15). The highest BCUT2D eigenvalue weighted by molar-refractivity contribution is 5.86. The van der Waals surface area contributed by atoms with Crippen molar-refractivity contribution in [1.82, 2.24) is 10.3 Å². The molecule has 1 atom stereocenters. The molecule has 84 valence electrons. The van der Waals surface area contributed by atoms with Gasteiger partial charge in [-0.25, -0.2) is 0 Å². The van der Waals surface area contributed by atoms with Gasteiger partial charge in [0.2, 0.25) is 5.91 Å². The molecule has 16 heavy (non-hydrogen) atoms. The van der Waals surface area contributed by atoms with Gasteiger partial charge in [0.05, 0.1) is 24.8 Å². The molecule has 4 nitrogen and oxygen atoms in total. The Morgan fingerprint density at radius 1 is 1.62 bits per heavy atom. The van der Waals surface area contributed by atoms with E-state index in [2.05, 4.69) is 10.3 Å². The summed E-state index contributed by atoms with van der Waals surface area (Å²) in [7, 11) is 0. The molecule has 1 aromatic heterocycles. The number of ether oxygens (including phenoxy) is 1. The normalized spacial score (nSPS) is 25.8. The Morgan fingerprint density at radius 3 is 3.06 bits per heavy atom. The van der Waals surface area contributed by atoms with Crippen molar-refractivity contribution in [2.24, 2.45) is 0 Å². The molecule has 0 aliphatic carbocycles. The summed E-state index contributed by atoms with van der Waals surface area (Å²) in [5, 5.41) is 3.08. The average Bonchev–Trinajstić information content (AvgIpc) is 2.26. The van der Waals surface area contributed by atoms with Gasteiger partial charge in [-0.15, -0.1) is 0 Å². The van der Waals surface area contributed by atoms with Crippen LogP contribution in [0.15, 0.2) is 18.3 Å². The van der Waals surface area contributed by atoms with Crippen LogP contribution < -0.4 is 5.32 Å². The first-order valence-electron chi connectivity index (χ1n) is 5.62. The molecular formula is C12H14N2O2. The highest BCUT2D eigenvalue weighted by atomic mass is 16.5. The molecule has 3 heterocycles. The van der Waals surface area contributed by atoms with E-state index in [1.807, 2.05) is 19.1 Å². The molecule has 1 unspecified atom stereocenters. The lowest BCUT2D eigenvalue weighted by atomic mass is 9.78. The Balaban J connectivity index is 2.14. The monoisotopic (exact) mass is 218 g/mol. The SMILES string of the molecule is CCC1C(=O)NC2(COC2)c2cccnc21. The summed E-state index contributed by atoms with van der Waals surface area (Å²) < 4.78 is 5.25. The molecule has 4 heteroatoms. The van der Waals surface area contributed by atoms with Crippen molar-refractivity contribution in [2.75, 3.05) is 13.2 Å². The molecule has 0 saturated carbocycles. The fourth-order valence-electron chi connectivity index (χ4n) is 2.53. The molecule has 1 saturated heterocycles. The summed E-state index contributed by atoms with van der Waals surface area (Å²) in [6.45, 7) is 3.14. The van der Waals surface area contributed by atoms with E-state index in [4.69, 9.17) is 4.74 Å². The van der Waals surface area contributed by atoms with Gasteiger partial charge in [-0.3, -0.25) is 9.78 Å². The van der Waals surface area contributed by atoms with Crippen molar-refractivity contribution in [2.45, 2.75) is 24.8 Å². The van der Waals surface area contributed by atoms with Gasteiger partial charge in [0.25, 0.3) is 0 Å². The second-order valence-corrected chi connectivity index (χ2v) is 4.46. The van der Waals surface area contributed by atoms with E-state index in [9.17, 15) is 4.79 Å². The fourth-order valence-corrected chi connectivity index (χ4v) is 2.53. The van der Waals surface area contributed by atoms with Crippen LogP contribution in [0.4, 0.5) is 0 Å². The number of rotatable bonds is 1. The van der Waals surface area contributed by atoms with E-state index in [0.29, 0.717) is 13.2 Å². The second-order valence-electron chi connectivity index (χ2n) is 4.46. The van der Waals surface area contributed by atoms with Crippen molar-refractivity contribution in [3.8, 4) is 0 Å². The van der Waals surface area contributed by atoms with Crippen molar-refractivity contribution in [3.05, 3.63) is 29.6 Å². The van der Waals surface area contributed by atoms with Crippen molar-refractivity contribution in [1.29, 1.82) is 0 Å². The predicted octanol–water partition coefficient (Wildman–Crippen LogP) is 0.931. The largest absolute Gasteiger partial charge is 0.376 e. The maximum absolute atomic E-state index is 12.0. The Hall–Kier alpha value is -1.42. The molecule has 0 aromatic carbocycles. The molecule has 1 aromatic rings. The molecule has 3 rings (SSSR count). The van der Waals surface area contributed by atoms with E-state index in [1.54, 1.807) is 6.20 Å². The maximum Gasteiger partial charge on any atom is 0.229 e. The van der Waals surface area contributed by atoms with Crippen LogP contribution in [0.25, 0.3) is 0 Å². The summed E-state index contributed by atoms with van der Waals surface area (Å²) in [4.78, 5) is 16.4. The Kier molecular flexibility index (Phi) is 2.01. The minimum absolute atomic E-state index is 0.0806. The summed E-state index contributed by atoms with van der Waals surface area (Å²) in [5.41, 5.74) is 1.76. The molecule has 2 aliphatic rings. The number of hydrogen-bond acceptors (Lipinski definition) is 3. The molecule has 1 spiro atoms. The Morgan fingerprint density at radius 2 is 2.44 bits per heavy atom. The number of hydrogen-bond donors (Lipinski definition) is 1. The molecule has 1 N–H and O–H groups in total. The zero-order valence-electron chi connectivity index (χ0n) is 9.19. The van der Waals surface area contributed by atoms with Gasteiger partial charge in [0.1, 0.15) is 5.54 Å². The zero-order valence-corrected chi connectivity index (χ0v) is 9.19. The number of amides is 1. The van der Waals surface area contributed by atoms with Crippen LogP contribution in [0.1, 0.15) is 30.5 Å². The number of nitrogens with one attached hydrogen (secondary N) is 1. The highest BCUT2D eigenvalue weighted by Gasteiger charge is 2.48. The highest BCUT2D eigenvalue weighted by Crippen LogP contribution is 2.39. The molecule has 0 bridgehead atoms. The van der Waals surface area contributed by atoms with E-state index in [0.717, 1.165) is 17.7 Å². The molecular weight excluding hydrogens is 204 g/mol. The molecule has 0 radical (unpaired) electrons. The van der Waals surface area contributed by atoms with Crippen LogP contribution in [0.5, 0.6) is 0 Å². The third-order valence-electron chi connectivity index (χ3n) is 3.47. The van der Waals surface area contributed by atoms with Gasteiger partial charge < -0.3 is 10.1 Å². The number of nitrogens with zero attached hydrogens (tertiary/aromatic N) is 1. The van der Waals surface area contributed by atoms with Crippen LogP contribution >= 0.6 is 0 Å². The van der Waals surface area contributed by atoms with Crippen LogP contribution in [0.3, 0.4) is 0 Å². The first kappa shape index (κ1) is 9.78. The average molecular weight is 218 g/mol. The number of aromatic nitrogens is 1. The van der Waals surface area contributed by atoms with Gasteiger partial charge >= 0.3 is 0 Å². The lowest BCUT2D eigenvalue weighted by molar-refractivity contribution is -0.138. The number of carbonyl (C=O) groups excluding carboxylic acids is 1. The second kappa shape index (κ2) is 3.28. The third kappa shape index (κ3) is 1.13. The first-order valence-corrected chi connectivity index (χ1v) is 5.62. The summed E-state index contributed by atoms with van der Waals surface area (Å²) >= 11 is 0. The third-order valence-corrected chi connectivity index (χ3v) is 3.47. The lowest BCUT2D eigenvalue weighted by Gasteiger charge is -2.47. The molecule has 2 aliphatic heterocycles. The lowest BCUT2D eigenvalue weighted by Crippen LogP contribution is -2.63. The summed E-state index contributed by atoms with van der Waals surface area (Å²) in [6, 6.07) is 3.97. The summed E-state index contributed by atoms with van der Waals surface area (Å²) in [5.74, 6) is -0.0283. The van der Waals surface area contributed by atoms with Crippen LogP contribution in [-0.4, -0.2) is 24.1 Å². The van der Waals surface area contributed by atoms with Crippen LogP contribution in [0, 0.1) is 0 Å².